The Kier molecular flexibility index (Phi) is 5.87. The van der Waals surface area contributed by atoms with Gasteiger partial charge in [-0.25, -0.2) is 0 Å². The Morgan fingerprint density at radius 3 is 2.00 bits per heavy atom. The molecule has 0 unspecified atom stereocenters. The molecule has 2 aromatic rings. The van der Waals surface area contributed by atoms with Crippen LogP contribution in [0.15, 0.2) is 42.5 Å². The lowest BCUT2D eigenvalue weighted by Gasteiger charge is -2.20. The molecule has 26 heavy (non-hydrogen) atoms. The van der Waals surface area contributed by atoms with Gasteiger partial charge in [0.2, 0.25) is 0 Å². The lowest BCUT2D eigenvalue weighted by Crippen LogP contribution is -2.40. The maximum Gasteiger partial charge on any atom is 0.255 e. The minimum atomic E-state index is -0.340. The lowest BCUT2D eigenvalue weighted by molar-refractivity contribution is 0.0918. The molecular weight excluding hydrogens is 332 g/mol. The quantitative estimate of drug-likeness (QED) is 0.860. The van der Waals surface area contributed by atoms with Crippen LogP contribution in [0.5, 0.6) is 11.5 Å². The minimum Gasteiger partial charge on any atom is -0.497 e. The third-order valence-electron chi connectivity index (χ3n) is 3.48. The summed E-state index contributed by atoms with van der Waals surface area (Å²) in [5, 5.41) is 5.68. The number of nitrogens with one attached hydrogen (secondary N) is 2. The molecule has 0 spiro atoms. The SMILES string of the molecule is COc1cc(OC)cc(C(=O)Nc2cccc(C(=O)NC(C)(C)C)c2)c1. The van der Waals surface area contributed by atoms with Crippen LogP contribution in [0, 0.1) is 0 Å². The molecule has 2 N–H and O–H groups in total. The number of benzene rings is 2. The standard InChI is InChI=1S/C20H24N2O4/c1-20(2,3)22-19(24)13-7-6-8-15(9-13)21-18(23)14-10-16(25-4)12-17(11-14)26-5/h6-12H,1-5H3,(H,21,23)(H,22,24). The molecule has 0 aliphatic heterocycles. The number of hydrogen-bond donors (Lipinski definition) is 2. The fourth-order valence-electron chi connectivity index (χ4n) is 2.29. The van der Waals surface area contributed by atoms with Crippen LogP contribution in [0.4, 0.5) is 5.69 Å². The number of amides is 2. The van der Waals surface area contributed by atoms with E-state index in [4.69, 9.17) is 9.47 Å². The first-order valence-corrected chi connectivity index (χ1v) is 8.19. The van der Waals surface area contributed by atoms with Gasteiger partial charge in [0, 0.05) is 28.4 Å². The molecule has 6 nitrogen and oxygen atoms in total. The van der Waals surface area contributed by atoms with Crippen molar-refractivity contribution in [1.82, 2.24) is 5.32 Å². The van der Waals surface area contributed by atoms with Gasteiger partial charge in [0.15, 0.2) is 0 Å². The van der Waals surface area contributed by atoms with E-state index in [0.29, 0.717) is 28.3 Å². The van der Waals surface area contributed by atoms with E-state index in [-0.39, 0.29) is 17.4 Å². The first-order chi connectivity index (χ1) is 12.2. The number of rotatable bonds is 5. The predicted octanol–water partition coefficient (Wildman–Crippen LogP) is 3.48. The van der Waals surface area contributed by atoms with E-state index in [1.807, 2.05) is 20.8 Å². The molecule has 2 aromatic carbocycles. The van der Waals surface area contributed by atoms with Crippen molar-refractivity contribution in [2.24, 2.45) is 0 Å². The molecule has 0 bridgehead atoms. The maximum absolute atomic E-state index is 12.5. The highest BCUT2D eigenvalue weighted by Gasteiger charge is 2.16. The van der Waals surface area contributed by atoms with Crippen LogP contribution in [0.2, 0.25) is 0 Å². The number of carbonyl (C=O) groups excluding carboxylic acids is 2. The van der Waals surface area contributed by atoms with E-state index in [1.165, 1.54) is 14.2 Å². The van der Waals surface area contributed by atoms with E-state index in [0.717, 1.165) is 0 Å². The summed E-state index contributed by atoms with van der Waals surface area (Å²) in [7, 11) is 3.04. The highest BCUT2D eigenvalue weighted by atomic mass is 16.5. The second-order valence-electron chi connectivity index (χ2n) is 6.84. The lowest BCUT2D eigenvalue weighted by atomic mass is 10.1. The van der Waals surface area contributed by atoms with Gasteiger partial charge in [-0.05, 0) is 51.1 Å². The second-order valence-corrected chi connectivity index (χ2v) is 6.84. The molecular formula is C20H24N2O4. The van der Waals surface area contributed by atoms with Crippen LogP contribution < -0.4 is 20.1 Å². The fourth-order valence-corrected chi connectivity index (χ4v) is 2.29. The Bertz CT molecular complexity index is 787. The molecule has 0 atom stereocenters. The number of carbonyl (C=O) groups is 2. The van der Waals surface area contributed by atoms with Crippen LogP contribution in [0.3, 0.4) is 0 Å². The summed E-state index contributed by atoms with van der Waals surface area (Å²) in [6.45, 7) is 5.73. The topological polar surface area (TPSA) is 76.7 Å². The van der Waals surface area contributed by atoms with Gasteiger partial charge in [-0.1, -0.05) is 6.07 Å². The van der Waals surface area contributed by atoms with Gasteiger partial charge in [-0.3, -0.25) is 9.59 Å². The number of anilines is 1. The predicted molar refractivity (Wildman–Crippen MR) is 101 cm³/mol. The molecule has 0 fully saturated rings. The van der Waals surface area contributed by atoms with Crippen molar-refractivity contribution in [1.29, 1.82) is 0 Å². The fraction of sp³-hybridized carbons (Fsp3) is 0.300. The number of ether oxygens (including phenoxy) is 2. The summed E-state index contributed by atoms with van der Waals surface area (Å²) >= 11 is 0. The Balaban J connectivity index is 2.20. The number of methoxy groups -OCH3 is 2. The van der Waals surface area contributed by atoms with E-state index in [2.05, 4.69) is 10.6 Å². The molecule has 0 aliphatic rings. The molecule has 0 saturated carbocycles. The monoisotopic (exact) mass is 356 g/mol. The average Bonchev–Trinajstić information content (AvgIpc) is 2.60. The summed E-state index contributed by atoms with van der Waals surface area (Å²) in [6.07, 6.45) is 0. The first kappa shape index (κ1) is 19.3. The Morgan fingerprint density at radius 1 is 0.846 bits per heavy atom. The summed E-state index contributed by atoms with van der Waals surface area (Å²) in [5.74, 6) is 0.521. The van der Waals surface area contributed by atoms with Crippen molar-refractivity contribution < 1.29 is 19.1 Å². The van der Waals surface area contributed by atoms with E-state index < -0.39 is 0 Å². The Labute approximate surface area is 153 Å². The summed E-state index contributed by atoms with van der Waals surface area (Å²) in [5.41, 5.74) is 1.05. The highest BCUT2D eigenvalue weighted by Crippen LogP contribution is 2.23. The smallest absolute Gasteiger partial charge is 0.255 e. The highest BCUT2D eigenvalue weighted by molar-refractivity contribution is 6.05. The van der Waals surface area contributed by atoms with Crippen molar-refractivity contribution in [2.45, 2.75) is 26.3 Å². The van der Waals surface area contributed by atoms with Crippen LogP contribution in [0.25, 0.3) is 0 Å². The van der Waals surface area contributed by atoms with Gasteiger partial charge in [0.05, 0.1) is 14.2 Å². The van der Waals surface area contributed by atoms with Gasteiger partial charge in [-0.2, -0.15) is 0 Å². The van der Waals surface area contributed by atoms with Crippen LogP contribution in [-0.4, -0.2) is 31.6 Å². The third kappa shape index (κ3) is 5.24. The van der Waals surface area contributed by atoms with Gasteiger partial charge < -0.3 is 20.1 Å². The first-order valence-electron chi connectivity index (χ1n) is 8.19. The Hall–Kier alpha value is -3.02. The molecule has 138 valence electrons. The zero-order chi connectivity index (χ0) is 19.3. The molecule has 0 saturated heterocycles. The van der Waals surface area contributed by atoms with Crippen molar-refractivity contribution in [3.8, 4) is 11.5 Å². The molecule has 2 amide bonds. The molecule has 0 aliphatic carbocycles. The third-order valence-corrected chi connectivity index (χ3v) is 3.48. The molecule has 6 heteroatoms. The summed E-state index contributed by atoms with van der Waals surface area (Å²) in [4.78, 5) is 24.8. The summed E-state index contributed by atoms with van der Waals surface area (Å²) < 4.78 is 10.4. The van der Waals surface area contributed by atoms with Crippen molar-refractivity contribution in [3.05, 3.63) is 53.6 Å². The largest absolute Gasteiger partial charge is 0.497 e. The molecule has 0 heterocycles. The normalized spacial score (nSPS) is 10.8. The van der Waals surface area contributed by atoms with Crippen LogP contribution in [0.1, 0.15) is 41.5 Å². The maximum atomic E-state index is 12.5. The van der Waals surface area contributed by atoms with Gasteiger partial charge in [0.25, 0.3) is 11.8 Å². The van der Waals surface area contributed by atoms with E-state index >= 15 is 0 Å². The second kappa shape index (κ2) is 7.91. The number of hydrogen-bond acceptors (Lipinski definition) is 4. The zero-order valence-corrected chi connectivity index (χ0v) is 15.7. The van der Waals surface area contributed by atoms with Crippen LogP contribution >= 0.6 is 0 Å². The van der Waals surface area contributed by atoms with Crippen LogP contribution in [-0.2, 0) is 0 Å². The van der Waals surface area contributed by atoms with Crippen molar-refractivity contribution in [3.63, 3.8) is 0 Å². The van der Waals surface area contributed by atoms with Gasteiger partial charge in [-0.15, -0.1) is 0 Å². The van der Waals surface area contributed by atoms with Crippen molar-refractivity contribution >= 4 is 17.5 Å². The summed E-state index contributed by atoms with van der Waals surface area (Å²) in [6, 6.07) is 11.7. The molecule has 0 radical (unpaired) electrons. The van der Waals surface area contributed by atoms with Gasteiger partial charge in [0.1, 0.15) is 11.5 Å². The zero-order valence-electron chi connectivity index (χ0n) is 15.7. The van der Waals surface area contributed by atoms with Gasteiger partial charge >= 0.3 is 0 Å². The average molecular weight is 356 g/mol. The molecule has 0 aromatic heterocycles. The van der Waals surface area contributed by atoms with E-state index in [1.54, 1.807) is 42.5 Å². The molecule has 2 rings (SSSR count). The van der Waals surface area contributed by atoms with E-state index in [9.17, 15) is 9.59 Å². The van der Waals surface area contributed by atoms with Crippen molar-refractivity contribution in [2.75, 3.05) is 19.5 Å². The Morgan fingerprint density at radius 2 is 1.46 bits per heavy atom. The minimum absolute atomic E-state index is 0.198.